The molecule has 2 rings (SSSR count). The van der Waals surface area contributed by atoms with E-state index in [1.165, 1.54) is 23.0 Å². The SMILES string of the molecule is N#CCCN(Cc1ccccc1)S(=O)(=O)n1ccnc1. The van der Waals surface area contributed by atoms with Crippen LogP contribution in [0.5, 0.6) is 0 Å². The van der Waals surface area contributed by atoms with Gasteiger partial charge in [0.2, 0.25) is 0 Å². The van der Waals surface area contributed by atoms with Crippen molar-refractivity contribution in [2.24, 2.45) is 0 Å². The third-order valence-corrected chi connectivity index (χ3v) is 4.46. The second kappa shape index (κ2) is 6.32. The summed E-state index contributed by atoms with van der Waals surface area (Å²) in [5.74, 6) is 0. The minimum Gasteiger partial charge on any atom is -0.244 e. The van der Waals surface area contributed by atoms with Gasteiger partial charge in [0.05, 0.1) is 6.07 Å². The molecule has 0 amide bonds. The maximum Gasteiger partial charge on any atom is 0.309 e. The van der Waals surface area contributed by atoms with E-state index in [-0.39, 0.29) is 19.5 Å². The number of nitriles is 1. The second-order valence-electron chi connectivity index (χ2n) is 4.13. The molecule has 0 atom stereocenters. The van der Waals surface area contributed by atoms with Crippen LogP contribution in [0.3, 0.4) is 0 Å². The minimum atomic E-state index is -3.69. The highest BCUT2D eigenvalue weighted by molar-refractivity contribution is 7.87. The lowest BCUT2D eigenvalue weighted by molar-refractivity contribution is 0.407. The molecule has 0 N–H and O–H groups in total. The van der Waals surface area contributed by atoms with Crippen LogP contribution in [0.4, 0.5) is 0 Å². The van der Waals surface area contributed by atoms with Gasteiger partial charge in [-0.05, 0) is 5.56 Å². The van der Waals surface area contributed by atoms with Gasteiger partial charge >= 0.3 is 10.2 Å². The van der Waals surface area contributed by atoms with Gasteiger partial charge in [0.25, 0.3) is 0 Å². The van der Waals surface area contributed by atoms with Crippen molar-refractivity contribution in [3.8, 4) is 6.07 Å². The summed E-state index contributed by atoms with van der Waals surface area (Å²) in [6.45, 7) is 0.370. The van der Waals surface area contributed by atoms with Gasteiger partial charge in [-0.1, -0.05) is 30.3 Å². The number of hydrogen-bond donors (Lipinski definition) is 0. The maximum atomic E-state index is 12.4. The van der Waals surface area contributed by atoms with Crippen LogP contribution in [-0.4, -0.2) is 28.2 Å². The minimum absolute atomic E-state index is 0.140. The first-order valence-electron chi connectivity index (χ1n) is 6.04. The Labute approximate surface area is 118 Å². The lowest BCUT2D eigenvalue weighted by Gasteiger charge is -2.21. The van der Waals surface area contributed by atoms with Crippen molar-refractivity contribution in [1.82, 2.24) is 13.3 Å². The smallest absolute Gasteiger partial charge is 0.244 e. The van der Waals surface area contributed by atoms with Crippen LogP contribution < -0.4 is 0 Å². The van der Waals surface area contributed by atoms with Gasteiger partial charge in [-0.15, -0.1) is 0 Å². The predicted molar refractivity (Wildman–Crippen MR) is 73.6 cm³/mol. The molecular weight excluding hydrogens is 276 g/mol. The molecule has 1 aromatic heterocycles. The topological polar surface area (TPSA) is 79.0 Å². The fourth-order valence-corrected chi connectivity index (χ4v) is 3.04. The summed E-state index contributed by atoms with van der Waals surface area (Å²) in [6.07, 6.45) is 4.16. The highest BCUT2D eigenvalue weighted by atomic mass is 32.2. The van der Waals surface area contributed by atoms with E-state index in [1.54, 1.807) is 0 Å². The molecular formula is C13H14N4O2S. The number of hydrogen-bond acceptors (Lipinski definition) is 4. The van der Waals surface area contributed by atoms with Crippen LogP contribution in [0, 0.1) is 11.3 Å². The van der Waals surface area contributed by atoms with Crippen molar-refractivity contribution in [2.45, 2.75) is 13.0 Å². The van der Waals surface area contributed by atoms with Crippen LogP contribution in [0.15, 0.2) is 49.1 Å². The third-order valence-electron chi connectivity index (χ3n) is 2.75. The van der Waals surface area contributed by atoms with Gasteiger partial charge < -0.3 is 0 Å². The average Bonchev–Trinajstić information content (AvgIpc) is 2.99. The number of rotatable bonds is 6. The molecule has 0 aliphatic carbocycles. The zero-order valence-corrected chi connectivity index (χ0v) is 11.6. The molecule has 0 bridgehead atoms. The van der Waals surface area contributed by atoms with E-state index in [1.807, 2.05) is 36.4 Å². The molecule has 1 aromatic carbocycles. The van der Waals surface area contributed by atoms with Crippen molar-refractivity contribution in [3.63, 3.8) is 0 Å². The molecule has 0 radical (unpaired) electrons. The molecule has 0 spiro atoms. The Morgan fingerprint density at radius 2 is 2.05 bits per heavy atom. The summed E-state index contributed by atoms with van der Waals surface area (Å²) in [5, 5.41) is 8.69. The molecule has 0 saturated carbocycles. The Kier molecular flexibility index (Phi) is 4.50. The molecule has 20 heavy (non-hydrogen) atoms. The van der Waals surface area contributed by atoms with Crippen LogP contribution >= 0.6 is 0 Å². The Bertz CT molecular complexity index is 675. The van der Waals surface area contributed by atoms with E-state index < -0.39 is 10.2 Å². The second-order valence-corrected chi connectivity index (χ2v) is 5.96. The summed E-state index contributed by atoms with van der Waals surface area (Å²) in [6, 6.07) is 11.2. The monoisotopic (exact) mass is 290 g/mol. The highest BCUT2D eigenvalue weighted by Gasteiger charge is 2.23. The molecule has 0 fully saturated rings. The van der Waals surface area contributed by atoms with Crippen LogP contribution in [0.25, 0.3) is 0 Å². The van der Waals surface area contributed by atoms with Crippen LogP contribution in [-0.2, 0) is 16.8 Å². The van der Waals surface area contributed by atoms with Gasteiger partial charge in [-0.2, -0.15) is 18.0 Å². The Morgan fingerprint density at radius 3 is 2.65 bits per heavy atom. The molecule has 6 nitrogen and oxygen atoms in total. The van der Waals surface area contributed by atoms with E-state index >= 15 is 0 Å². The number of aromatic nitrogens is 2. The van der Waals surface area contributed by atoms with Crippen molar-refractivity contribution >= 4 is 10.2 Å². The fraction of sp³-hybridized carbons (Fsp3) is 0.231. The normalized spacial score (nSPS) is 11.4. The van der Waals surface area contributed by atoms with E-state index in [9.17, 15) is 8.42 Å². The van der Waals surface area contributed by atoms with Gasteiger partial charge in [-0.25, -0.2) is 8.96 Å². The quantitative estimate of drug-likeness (QED) is 0.805. The molecule has 1 heterocycles. The van der Waals surface area contributed by atoms with E-state index in [4.69, 9.17) is 5.26 Å². The van der Waals surface area contributed by atoms with Gasteiger partial charge in [-0.3, -0.25) is 0 Å². The lowest BCUT2D eigenvalue weighted by atomic mass is 10.2. The van der Waals surface area contributed by atoms with Crippen LogP contribution in [0.1, 0.15) is 12.0 Å². The van der Waals surface area contributed by atoms with E-state index in [0.717, 1.165) is 9.54 Å². The van der Waals surface area contributed by atoms with E-state index in [2.05, 4.69) is 4.98 Å². The highest BCUT2D eigenvalue weighted by Crippen LogP contribution is 2.12. The summed E-state index contributed by atoms with van der Waals surface area (Å²) < 4.78 is 27.2. The summed E-state index contributed by atoms with van der Waals surface area (Å²) >= 11 is 0. The summed E-state index contributed by atoms with van der Waals surface area (Å²) in [7, 11) is -3.69. The first-order valence-corrected chi connectivity index (χ1v) is 7.44. The van der Waals surface area contributed by atoms with Crippen molar-refractivity contribution in [3.05, 3.63) is 54.6 Å². The van der Waals surface area contributed by atoms with E-state index in [0.29, 0.717) is 0 Å². The van der Waals surface area contributed by atoms with Crippen molar-refractivity contribution in [2.75, 3.05) is 6.54 Å². The van der Waals surface area contributed by atoms with Crippen molar-refractivity contribution < 1.29 is 8.42 Å². The number of imidazole rings is 1. The molecule has 0 unspecified atom stereocenters. The van der Waals surface area contributed by atoms with Crippen LogP contribution in [0.2, 0.25) is 0 Å². The molecule has 0 aliphatic heterocycles. The Hall–Kier alpha value is -2.17. The van der Waals surface area contributed by atoms with Gasteiger partial charge in [0.1, 0.15) is 6.33 Å². The molecule has 0 aliphatic rings. The van der Waals surface area contributed by atoms with Gasteiger partial charge in [0.15, 0.2) is 0 Å². The lowest BCUT2D eigenvalue weighted by Crippen LogP contribution is -2.35. The zero-order chi connectivity index (χ0) is 14.4. The fourth-order valence-electron chi connectivity index (χ4n) is 1.75. The molecule has 0 saturated heterocycles. The molecule has 2 aromatic rings. The number of benzene rings is 1. The first-order chi connectivity index (χ1) is 9.64. The third kappa shape index (κ3) is 3.23. The number of nitrogens with zero attached hydrogens (tertiary/aromatic N) is 4. The maximum absolute atomic E-state index is 12.4. The summed E-state index contributed by atoms with van der Waals surface area (Å²) in [5.41, 5.74) is 0.870. The Balaban J connectivity index is 2.26. The largest absolute Gasteiger partial charge is 0.309 e. The first kappa shape index (κ1) is 14.2. The molecule has 104 valence electrons. The van der Waals surface area contributed by atoms with Crippen molar-refractivity contribution in [1.29, 1.82) is 5.26 Å². The zero-order valence-electron chi connectivity index (χ0n) is 10.8. The standard InChI is InChI=1S/C13H14N4O2S/c14-7-4-9-16(11-13-5-2-1-3-6-13)20(18,19)17-10-8-15-12-17/h1-3,5-6,8,10,12H,4,9,11H2. The predicted octanol–water partition coefficient (Wildman–Crippen LogP) is 1.39. The average molecular weight is 290 g/mol. The van der Waals surface area contributed by atoms with Gasteiger partial charge in [0, 0.05) is 31.9 Å². The Morgan fingerprint density at radius 1 is 1.30 bits per heavy atom. The summed E-state index contributed by atoms with van der Waals surface area (Å²) in [4.78, 5) is 3.75. The molecule has 7 heteroatoms.